The van der Waals surface area contributed by atoms with Gasteiger partial charge in [-0.05, 0) is 36.6 Å². The van der Waals surface area contributed by atoms with E-state index in [-0.39, 0.29) is 5.91 Å². The van der Waals surface area contributed by atoms with Crippen LogP contribution in [0.3, 0.4) is 0 Å². The molecule has 5 heteroatoms. The number of nitrogens with two attached hydrogens (primary N) is 1. The molecule has 3 N–H and O–H groups in total. The highest BCUT2D eigenvalue weighted by molar-refractivity contribution is 5.99. The molecule has 18 heavy (non-hydrogen) atoms. The molecule has 0 unspecified atom stereocenters. The van der Waals surface area contributed by atoms with Gasteiger partial charge in [0.25, 0.3) is 5.91 Å². The van der Waals surface area contributed by atoms with Gasteiger partial charge in [0.1, 0.15) is 0 Å². The summed E-state index contributed by atoms with van der Waals surface area (Å²) in [6, 6.07) is 4.75. The van der Waals surface area contributed by atoms with E-state index in [1.807, 2.05) is 13.8 Å². The van der Waals surface area contributed by atoms with Crippen LogP contribution in [0.5, 0.6) is 0 Å². The zero-order valence-corrected chi connectivity index (χ0v) is 10.8. The third-order valence-electron chi connectivity index (χ3n) is 2.21. The van der Waals surface area contributed by atoms with Gasteiger partial charge in [0.05, 0.1) is 6.61 Å². The highest BCUT2D eigenvalue weighted by Crippen LogP contribution is 2.09. The molecule has 5 nitrogen and oxygen atoms in total. The standard InChI is InChI=1S/C13H18N2O3/c1-8(2)7-18-15-13(17)11-5-9(3)4-10(6-11)12(14)16/h4-6,8H,7H2,1-3H3,(H2,14,16)(H,15,17). The molecule has 0 fully saturated rings. The number of nitrogens with one attached hydrogen (secondary N) is 1. The lowest BCUT2D eigenvalue weighted by molar-refractivity contribution is 0.0208. The predicted molar refractivity (Wildman–Crippen MR) is 68.0 cm³/mol. The van der Waals surface area contributed by atoms with Crippen molar-refractivity contribution in [3.8, 4) is 0 Å². The summed E-state index contributed by atoms with van der Waals surface area (Å²) in [6.45, 7) is 6.17. The molecule has 0 saturated carbocycles. The number of carbonyl (C=O) groups is 2. The maximum absolute atomic E-state index is 11.8. The number of primary amides is 1. The van der Waals surface area contributed by atoms with Gasteiger partial charge in [-0.1, -0.05) is 13.8 Å². The van der Waals surface area contributed by atoms with Crippen LogP contribution >= 0.6 is 0 Å². The number of rotatable bonds is 5. The van der Waals surface area contributed by atoms with Gasteiger partial charge in [-0.2, -0.15) is 0 Å². The van der Waals surface area contributed by atoms with Crippen molar-refractivity contribution in [3.05, 3.63) is 34.9 Å². The average Bonchev–Trinajstić information content (AvgIpc) is 2.27. The minimum atomic E-state index is -0.559. The number of hydroxylamine groups is 1. The highest BCUT2D eigenvalue weighted by atomic mass is 16.6. The number of benzene rings is 1. The predicted octanol–water partition coefficient (Wildman–Crippen LogP) is 1.41. The molecule has 0 saturated heterocycles. The van der Waals surface area contributed by atoms with Crippen molar-refractivity contribution in [1.82, 2.24) is 5.48 Å². The molecule has 1 aromatic rings. The lowest BCUT2D eigenvalue weighted by atomic mass is 10.1. The van der Waals surface area contributed by atoms with E-state index in [0.29, 0.717) is 23.7 Å². The first-order chi connectivity index (χ1) is 8.40. The zero-order valence-electron chi connectivity index (χ0n) is 10.8. The fourth-order valence-electron chi connectivity index (χ4n) is 1.39. The third kappa shape index (κ3) is 4.18. The van der Waals surface area contributed by atoms with E-state index in [9.17, 15) is 9.59 Å². The summed E-state index contributed by atoms with van der Waals surface area (Å²) in [5.74, 6) is -0.623. The van der Waals surface area contributed by atoms with E-state index in [0.717, 1.165) is 5.56 Å². The molecule has 1 rings (SSSR count). The first-order valence-electron chi connectivity index (χ1n) is 5.73. The summed E-state index contributed by atoms with van der Waals surface area (Å²) in [6.07, 6.45) is 0. The fraction of sp³-hybridized carbons (Fsp3) is 0.385. The van der Waals surface area contributed by atoms with Crippen molar-refractivity contribution in [2.45, 2.75) is 20.8 Å². The van der Waals surface area contributed by atoms with Gasteiger partial charge in [0.15, 0.2) is 0 Å². The second kappa shape index (κ2) is 6.16. The number of amides is 2. The van der Waals surface area contributed by atoms with E-state index in [2.05, 4.69) is 5.48 Å². The smallest absolute Gasteiger partial charge is 0.274 e. The van der Waals surface area contributed by atoms with Crippen molar-refractivity contribution in [1.29, 1.82) is 0 Å². The molecule has 1 aromatic carbocycles. The highest BCUT2D eigenvalue weighted by Gasteiger charge is 2.10. The molecular formula is C13H18N2O3. The van der Waals surface area contributed by atoms with Crippen LogP contribution in [-0.2, 0) is 4.84 Å². The van der Waals surface area contributed by atoms with Crippen LogP contribution in [0.25, 0.3) is 0 Å². The summed E-state index contributed by atoms with van der Waals surface area (Å²) < 4.78 is 0. The first kappa shape index (κ1) is 14.2. The van der Waals surface area contributed by atoms with E-state index < -0.39 is 5.91 Å². The van der Waals surface area contributed by atoms with Gasteiger partial charge in [-0.25, -0.2) is 5.48 Å². The topological polar surface area (TPSA) is 81.4 Å². The van der Waals surface area contributed by atoms with Gasteiger partial charge < -0.3 is 5.73 Å². The Morgan fingerprint density at radius 3 is 2.44 bits per heavy atom. The molecule has 0 bridgehead atoms. The van der Waals surface area contributed by atoms with E-state index >= 15 is 0 Å². The van der Waals surface area contributed by atoms with Crippen LogP contribution in [0.4, 0.5) is 0 Å². The van der Waals surface area contributed by atoms with Crippen molar-refractivity contribution >= 4 is 11.8 Å². The number of hydrogen-bond acceptors (Lipinski definition) is 3. The maximum atomic E-state index is 11.8. The van der Waals surface area contributed by atoms with Gasteiger partial charge >= 0.3 is 0 Å². The Bertz CT molecular complexity index is 456. The molecule has 0 aromatic heterocycles. The zero-order chi connectivity index (χ0) is 13.7. The SMILES string of the molecule is Cc1cc(C(N)=O)cc(C(=O)NOCC(C)C)c1. The van der Waals surface area contributed by atoms with E-state index in [4.69, 9.17) is 10.6 Å². The van der Waals surface area contributed by atoms with Crippen molar-refractivity contribution in [3.63, 3.8) is 0 Å². The van der Waals surface area contributed by atoms with Gasteiger partial charge in [-0.15, -0.1) is 0 Å². The van der Waals surface area contributed by atoms with Crippen LogP contribution in [-0.4, -0.2) is 18.4 Å². The molecule has 0 aliphatic heterocycles. The fourth-order valence-corrected chi connectivity index (χ4v) is 1.39. The second-order valence-electron chi connectivity index (χ2n) is 4.59. The molecule has 0 aliphatic rings. The molecule has 0 heterocycles. The monoisotopic (exact) mass is 250 g/mol. The maximum Gasteiger partial charge on any atom is 0.274 e. The molecular weight excluding hydrogens is 232 g/mol. The normalized spacial score (nSPS) is 10.4. The third-order valence-corrected chi connectivity index (χ3v) is 2.21. The molecule has 2 amide bonds. The molecule has 0 aliphatic carbocycles. The number of hydrogen-bond donors (Lipinski definition) is 2. The lowest BCUT2D eigenvalue weighted by Gasteiger charge is -2.09. The quantitative estimate of drug-likeness (QED) is 0.775. The van der Waals surface area contributed by atoms with Crippen LogP contribution in [0, 0.1) is 12.8 Å². The van der Waals surface area contributed by atoms with E-state index in [1.54, 1.807) is 19.1 Å². The second-order valence-corrected chi connectivity index (χ2v) is 4.59. The molecule has 0 spiro atoms. The minimum Gasteiger partial charge on any atom is -0.366 e. The van der Waals surface area contributed by atoms with Crippen molar-refractivity contribution < 1.29 is 14.4 Å². The summed E-state index contributed by atoms with van der Waals surface area (Å²) in [4.78, 5) is 27.9. The summed E-state index contributed by atoms with van der Waals surface area (Å²) in [7, 11) is 0. The van der Waals surface area contributed by atoms with Gasteiger partial charge in [0.2, 0.25) is 5.91 Å². The van der Waals surface area contributed by atoms with E-state index in [1.165, 1.54) is 6.07 Å². The largest absolute Gasteiger partial charge is 0.366 e. The Labute approximate surface area is 106 Å². The minimum absolute atomic E-state index is 0.309. The van der Waals surface area contributed by atoms with Crippen molar-refractivity contribution in [2.24, 2.45) is 11.7 Å². The summed E-state index contributed by atoms with van der Waals surface area (Å²) in [5, 5.41) is 0. The molecule has 98 valence electrons. The summed E-state index contributed by atoms with van der Waals surface area (Å²) >= 11 is 0. The Morgan fingerprint density at radius 2 is 1.89 bits per heavy atom. The average molecular weight is 250 g/mol. The van der Waals surface area contributed by atoms with Gasteiger partial charge in [0, 0.05) is 11.1 Å². The Hall–Kier alpha value is -1.88. The van der Waals surface area contributed by atoms with Crippen LogP contribution < -0.4 is 11.2 Å². The molecule has 0 atom stereocenters. The van der Waals surface area contributed by atoms with Gasteiger partial charge in [-0.3, -0.25) is 14.4 Å². The van der Waals surface area contributed by atoms with Crippen LogP contribution in [0.2, 0.25) is 0 Å². The lowest BCUT2D eigenvalue weighted by Crippen LogP contribution is -2.26. The Kier molecular flexibility index (Phi) is 4.85. The molecule has 0 radical (unpaired) electrons. The Morgan fingerprint density at radius 1 is 1.28 bits per heavy atom. The number of aryl methyl sites for hydroxylation is 1. The summed E-state index contributed by atoms with van der Waals surface area (Å²) in [5.41, 5.74) is 8.98. The van der Waals surface area contributed by atoms with Crippen molar-refractivity contribution in [2.75, 3.05) is 6.61 Å². The van der Waals surface area contributed by atoms with Crippen LogP contribution in [0.1, 0.15) is 40.1 Å². The van der Waals surface area contributed by atoms with Crippen LogP contribution in [0.15, 0.2) is 18.2 Å². The Balaban J connectivity index is 2.76. The number of carbonyl (C=O) groups excluding carboxylic acids is 2. The first-order valence-corrected chi connectivity index (χ1v) is 5.73.